The molecular formula is C20H23N6O2S-. The minimum atomic E-state index is -2.27. The molecule has 0 bridgehead atoms. The summed E-state index contributed by atoms with van der Waals surface area (Å²) >= 11 is -2.27. The first-order valence-corrected chi connectivity index (χ1v) is 10.7. The van der Waals surface area contributed by atoms with E-state index in [1.54, 1.807) is 6.20 Å². The van der Waals surface area contributed by atoms with E-state index in [-0.39, 0.29) is 6.54 Å². The largest absolute Gasteiger partial charge is 0.760 e. The molecule has 4 rings (SSSR count). The van der Waals surface area contributed by atoms with Gasteiger partial charge in [0, 0.05) is 30.6 Å². The summed E-state index contributed by atoms with van der Waals surface area (Å²) in [5.41, 5.74) is 3.94. The molecule has 1 N–H and O–H groups in total. The van der Waals surface area contributed by atoms with E-state index < -0.39 is 11.3 Å². The predicted octanol–water partition coefficient (Wildman–Crippen LogP) is 1.93. The summed E-state index contributed by atoms with van der Waals surface area (Å²) in [4.78, 5) is 6.64. The summed E-state index contributed by atoms with van der Waals surface area (Å²) in [7, 11) is 0. The van der Waals surface area contributed by atoms with Crippen LogP contribution in [0.15, 0.2) is 54.9 Å². The number of piperidine rings is 1. The van der Waals surface area contributed by atoms with Gasteiger partial charge in [0.05, 0.1) is 23.3 Å². The van der Waals surface area contributed by atoms with E-state index in [4.69, 9.17) is 0 Å². The molecule has 1 fully saturated rings. The lowest BCUT2D eigenvalue weighted by atomic mass is 9.89. The van der Waals surface area contributed by atoms with Gasteiger partial charge in [-0.2, -0.15) is 0 Å². The zero-order chi connectivity index (χ0) is 20.1. The lowest BCUT2D eigenvalue weighted by Crippen LogP contribution is -2.32. The average Bonchev–Trinajstić information content (AvgIpc) is 3.22. The minimum Gasteiger partial charge on any atom is -0.760 e. The Hall–Kier alpha value is -2.46. The quantitative estimate of drug-likeness (QED) is 0.597. The first-order chi connectivity index (χ1) is 14.2. The third-order valence-corrected chi connectivity index (χ3v) is 5.60. The van der Waals surface area contributed by atoms with Crippen molar-refractivity contribution in [2.75, 3.05) is 13.1 Å². The number of para-hydroxylation sites is 1. The summed E-state index contributed by atoms with van der Waals surface area (Å²) < 4.78 is 25.5. The highest BCUT2D eigenvalue weighted by Crippen LogP contribution is 2.28. The zero-order valence-corrected chi connectivity index (χ0v) is 16.8. The molecule has 0 saturated carbocycles. The number of rotatable bonds is 7. The van der Waals surface area contributed by atoms with Crippen molar-refractivity contribution in [1.82, 2.24) is 29.6 Å². The second-order valence-corrected chi connectivity index (χ2v) is 7.93. The van der Waals surface area contributed by atoms with Gasteiger partial charge in [-0.3, -0.25) is 14.1 Å². The van der Waals surface area contributed by atoms with Gasteiger partial charge in [-0.15, -0.1) is 5.10 Å². The third kappa shape index (κ3) is 5.33. The molecule has 29 heavy (non-hydrogen) atoms. The maximum Gasteiger partial charge on any atom is 0.0971 e. The Morgan fingerprint density at radius 2 is 1.93 bits per heavy atom. The van der Waals surface area contributed by atoms with Crippen molar-refractivity contribution >= 4 is 11.3 Å². The van der Waals surface area contributed by atoms with E-state index in [1.165, 1.54) is 5.56 Å². The van der Waals surface area contributed by atoms with E-state index in [2.05, 4.69) is 24.9 Å². The maximum absolute atomic E-state index is 10.7. The highest BCUT2D eigenvalue weighted by atomic mass is 32.2. The lowest BCUT2D eigenvalue weighted by Gasteiger charge is -2.31. The van der Waals surface area contributed by atoms with Gasteiger partial charge < -0.3 is 4.55 Å². The molecule has 1 saturated heterocycles. The van der Waals surface area contributed by atoms with Crippen LogP contribution < -0.4 is 4.72 Å². The second kappa shape index (κ2) is 9.36. The summed E-state index contributed by atoms with van der Waals surface area (Å²) in [6.07, 6.45) is 5.85. The number of likely N-dealkylation sites (tertiary alicyclic amines) is 1. The molecule has 0 radical (unpaired) electrons. The summed E-state index contributed by atoms with van der Waals surface area (Å²) in [6, 6.07) is 14.0. The van der Waals surface area contributed by atoms with Crippen LogP contribution in [0.2, 0.25) is 0 Å². The Balaban J connectivity index is 1.31. The van der Waals surface area contributed by atoms with Crippen LogP contribution in [0.25, 0.3) is 5.69 Å². The number of aromatic nitrogens is 4. The standard InChI is InChI=1S/C20H24N6O2S/c27-29(28)22-13-18-12-17(6-9-21-18)16-7-10-25(11-8-16)14-19-15-26(24-23-19)20-4-2-1-3-5-20/h1-6,9,12,15-16,22H,7-8,10-11,13-14H2,(H,27,28)/p-1. The molecule has 152 valence electrons. The fourth-order valence-electron chi connectivity index (χ4n) is 3.71. The van der Waals surface area contributed by atoms with Gasteiger partial charge in [-0.1, -0.05) is 23.4 Å². The Kier molecular flexibility index (Phi) is 6.40. The van der Waals surface area contributed by atoms with Crippen LogP contribution in [0.1, 0.15) is 35.7 Å². The van der Waals surface area contributed by atoms with E-state index >= 15 is 0 Å². The molecule has 1 atom stereocenters. The summed E-state index contributed by atoms with van der Waals surface area (Å²) in [5, 5.41) is 8.55. The number of hydrogen-bond acceptors (Lipinski definition) is 6. The van der Waals surface area contributed by atoms with Crippen LogP contribution in [-0.4, -0.2) is 46.7 Å². The van der Waals surface area contributed by atoms with Gasteiger partial charge in [0.15, 0.2) is 0 Å². The van der Waals surface area contributed by atoms with Crippen molar-refractivity contribution in [3.8, 4) is 5.69 Å². The zero-order valence-electron chi connectivity index (χ0n) is 16.0. The molecule has 9 heteroatoms. The highest BCUT2D eigenvalue weighted by Gasteiger charge is 2.21. The molecule has 8 nitrogen and oxygen atoms in total. The molecule has 0 aliphatic carbocycles. The molecule has 0 amide bonds. The smallest absolute Gasteiger partial charge is 0.0971 e. The Labute approximate surface area is 172 Å². The van der Waals surface area contributed by atoms with Crippen molar-refractivity contribution in [2.24, 2.45) is 0 Å². The first kappa shape index (κ1) is 19.8. The van der Waals surface area contributed by atoms with Gasteiger partial charge in [-0.05, 0) is 61.7 Å². The monoisotopic (exact) mass is 411 g/mol. The second-order valence-electron chi connectivity index (χ2n) is 7.18. The lowest BCUT2D eigenvalue weighted by molar-refractivity contribution is 0.202. The van der Waals surface area contributed by atoms with Crippen LogP contribution in [0.4, 0.5) is 0 Å². The first-order valence-electron chi connectivity index (χ1n) is 9.64. The predicted molar refractivity (Wildman–Crippen MR) is 109 cm³/mol. The van der Waals surface area contributed by atoms with Crippen molar-refractivity contribution in [2.45, 2.75) is 31.8 Å². The van der Waals surface area contributed by atoms with Crippen molar-refractivity contribution in [3.63, 3.8) is 0 Å². The molecule has 2 aromatic heterocycles. The number of nitrogens with zero attached hydrogens (tertiary/aromatic N) is 5. The van der Waals surface area contributed by atoms with Gasteiger partial charge >= 0.3 is 0 Å². The third-order valence-electron chi connectivity index (χ3n) is 5.22. The molecule has 1 aliphatic rings. The van der Waals surface area contributed by atoms with Gasteiger partial charge in [0.25, 0.3) is 0 Å². The SMILES string of the molecule is O=S([O-])NCc1cc(C2CCN(Cc3cn(-c4ccccc4)nn3)CC2)ccn1. The van der Waals surface area contributed by atoms with Crippen molar-refractivity contribution in [1.29, 1.82) is 0 Å². The maximum atomic E-state index is 10.7. The molecule has 0 spiro atoms. The van der Waals surface area contributed by atoms with Crippen molar-refractivity contribution < 1.29 is 8.76 Å². The molecule has 3 aromatic rings. The summed E-state index contributed by atoms with van der Waals surface area (Å²) in [5.74, 6) is 0.464. The van der Waals surface area contributed by atoms with Crippen LogP contribution in [-0.2, 0) is 24.4 Å². The van der Waals surface area contributed by atoms with Crippen LogP contribution in [0, 0.1) is 0 Å². The van der Waals surface area contributed by atoms with E-state index in [9.17, 15) is 8.76 Å². The number of nitrogens with one attached hydrogen (secondary N) is 1. The molecule has 3 heterocycles. The molecule has 1 unspecified atom stereocenters. The number of hydrogen-bond donors (Lipinski definition) is 1. The Morgan fingerprint density at radius 1 is 1.14 bits per heavy atom. The number of benzene rings is 1. The molecular weight excluding hydrogens is 388 g/mol. The molecule has 1 aliphatic heterocycles. The van der Waals surface area contributed by atoms with Crippen LogP contribution in [0.3, 0.4) is 0 Å². The minimum absolute atomic E-state index is 0.222. The van der Waals surface area contributed by atoms with Crippen LogP contribution in [0.5, 0.6) is 0 Å². The van der Waals surface area contributed by atoms with E-state index in [1.807, 2.05) is 53.3 Å². The summed E-state index contributed by atoms with van der Waals surface area (Å²) in [6.45, 7) is 2.99. The Bertz CT molecular complexity index is 956. The van der Waals surface area contributed by atoms with Crippen molar-refractivity contribution in [3.05, 3.63) is 71.8 Å². The topological polar surface area (TPSA) is 99.0 Å². The normalized spacial score (nSPS) is 16.7. The van der Waals surface area contributed by atoms with Gasteiger partial charge in [0.2, 0.25) is 0 Å². The van der Waals surface area contributed by atoms with Crippen LogP contribution >= 0.6 is 0 Å². The average molecular weight is 412 g/mol. The van der Waals surface area contributed by atoms with E-state index in [0.717, 1.165) is 49.6 Å². The van der Waals surface area contributed by atoms with Gasteiger partial charge in [0.1, 0.15) is 0 Å². The van der Waals surface area contributed by atoms with E-state index in [0.29, 0.717) is 5.92 Å². The fraction of sp³-hybridized carbons (Fsp3) is 0.350. The van der Waals surface area contributed by atoms with Gasteiger partial charge in [-0.25, -0.2) is 9.40 Å². The Morgan fingerprint density at radius 3 is 2.69 bits per heavy atom. The number of pyridine rings is 1. The highest BCUT2D eigenvalue weighted by molar-refractivity contribution is 7.77. The fourth-order valence-corrected chi connectivity index (χ4v) is 3.98. The molecule has 1 aromatic carbocycles.